The van der Waals surface area contributed by atoms with Crippen LogP contribution >= 0.6 is 11.3 Å². The zero-order valence-corrected chi connectivity index (χ0v) is 19.0. The first kappa shape index (κ1) is 22.5. The molecular formula is C22H22N4O3S2. The number of hydrogen-bond acceptors (Lipinski definition) is 6. The molecule has 9 heteroatoms. The molecule has 1 aromatic heterocycles. The maximum atomic E-state index is 12.6. The molecule has 0 atom stereocenters. The minimum atomic E-state index is -3.78. The molecule has 0 aliphatic heterocycles. The Morgan fingerprint density at radius 3 is 2.48 bits per heavy atom. The van der Waals surface area contributed by atoms with Crippen molar-refractivity contribution in [1.29, 1.82) is 5.26 Å². The molecule has 1 heterocycles. The fraction of sp³-hybridized carbons (Fsp3) is 0.227. The van der Waals surface area contributed by atoms with Crippen molar-refractivity contribution in [3.63, 3.8) is 0 Å². The quantitative estimate of drug-likeness (QED) is 0.561. The number of benzene rings is 2. The summed E-state index contributed by atoms with van der Waals surface area (Å²) in [4.78, 5) is 16.6. The highest BCUT2D eigenvalue weighted by Crippen LogP contribution is 2.23. The van der Waals surface area contributed by atoms with Crippen LogP contribution in [0.2, 0.25) is 0 Å². The smallest absolute Gasteiger partial charge is 0.263 e. The number of amides is 1. The van der Waals surface area contributed by atoms with Crippen molar-refractivity contribution in [1.82, 2.24) is 10.3 Å². The van der Waals surface area contributed by atoms with E-state index in [-0.39, 0.29) is 15.9 Å². The van der Waals surface area contributed by atoms with Gasteiger partial charge in [0.1, 0.15) is 0 Å². The van der Waals surface area contributed by atoms with E-state index in [4.69, 9.17) is 0 Å². The molecule has 1 amide bonds. The lowest BCUT2D eigenvalue weighted by Gasteiger charge is -2.16. The minimum Gasteiger partial charge on any atom is -0.348 e. The number of aryl methyl sites for hydroxylation is 1. The van der Waals surface area contributed by atoms with E-state index in [1.54, 1.807) is 12.3 Å². The maximum absolute atomic E-state index is 12.6. The van der Waals surface area contributed by atoms with Crippen LogP contribution in [0.4, 0.5) is 5.13 Å². The molecule has 3 rings (SSSR count). The van der Waals surface area contributed by atoms with E-state index in [0.29, 0.717) is 17.7 Å². The Kier molecular flexibility index (Phi) is 6.43. The number of carbonyl (C=O) groups excluding carboxylic acids is 1. The van der Waals surface area contributed by atoms with Gasteiger partial charge in [0.25, 0.3) is 15.9 Å². The third kappa shape index (κ3) is 5.29. The largest absolute Gasteiger partial charge is 0.348 e. The summed E-state index contributed by atoms with van der Waals surface area (Å²) in [5.41, 5.74) is 2.18. The van der Waals surface area contributed by atoms with E-state index in [9.17, 15) is 18.5 Å². The van der Waals surface area contributed by atoms with Crippen molar-refractivity contribution >= 4 is 32.4 Å². The molecule has 0 aliphatic rings. The molecule has 0 saturated heterocycles. The summed E-state index contributed by atoms with van der Waals surface area (Å²) in [6.07, 6.45) is 1.51. The van der Waals surface area contributed by atoms with E-state index in [1.165, 1.54) is 35.7 Å². The lowest BCUT2D eigenvalue weighted by molar-refractivity contribution is 0.0950. The number of aromatic nitrogens is 1. The second-order valence-electron chi connectivity index (χ2n) is 7.54. The summed E-state index contributed by atoms with van der Waals surface area (Å²) in [7, 11) is -3.78. The van der Waals surface area contributed by atoms with Crippen molar-refractivity contribution in [2.45, 2.75) is 37.6 Å². The summed E-state index contributed by atoms with van der Waals surface area (Å²) in [5, 5.41) is 14.0. The standard InChI is InChI=1S/C22H22N4O3S2/c1-15-12-18(31(28,29)26-21-24-10-11-30-21)8-9-19(15)20(27)25-13-16-4-6-17(7-5-16)22(2,3)14-23/h4-12H,13H2,1-3H3,(H,24,26)(H,25,27). The number of nitriles is 1. The number of sulfonamides is 1. The van der Waals surface area contributed by atoms with Gasteiger partial charge >= 0.3 is 0 Å². The Morgan fingerprint density at radius 1 is 1.19 bits per heavy atom. The molecule has 0 fully saturated rings. The zero-order chi connectivity index (χ0) is 22.6. The number of anilines is 1. The van der Waals surface area contributed by atoms with Gasteiger partial charge in [0, 0.05) is 23.7 Å². The fourth-order valence-corrected chi connectivity index (χ4v) is 4.76. The summed E-state index contributed by atoms with van der Waals surface area (Å²) < 4.78 is 27.4. The van der Waals surface area contributed by atoms with E-state index in [0.717, 1.165) is 11.1 Å². The van der Waals surface area contributed by atoms with Crippen LogP contribution in [0.3, 0.4) is 0 Å². The van der Waals surface area contributed by atoms with Gasteiger partial charge in [0.15, 0.2) is 5.13 Å². The monoisotopic (exact) mass is 454 g/mol. The Labute approximate surface area is 185 Å². The maximum Gasteiger partial charge on any atom is 0.263 e. The van der Waals surface area contributed by atoms with Crippen molar-refractivity contribution in [3.8, 4) is 6.07 Å². The molecular weight excluding hydrogens is 432 g/mol. The first-order valence-corrected chi connectivity index (χ1v) is 11.8. The van der Waals surface area contributed by atoms with Gasteiger partial charge in [-0.2, -0.15) is 5.26 Å². The van der Waals surface area contributed by atoms with E-state index in [1.807, 2.05) is 38.1 Å². The molecule has 2 N–H and O–H groups in total. The molecule has 0 aliphatic carbocycles. The Morgan fingerprint density at radius 2 is 1.90 bits per heavy atom. The van der Waals surface area contributed by atoms with Crippen LogP contribution in [-0.4, -0.2) is 19.3 Å². The summed E-state index contributed by atoms with van der Waals surface area (Å²) >= 11 is 1.18. The highest BCUT2D eigenvalue weighted by Gasteiger charge is 2.20. The Balaban J connectivity index is 1.68. The average Bonchev–Trinajstić information content (AvgIpc) is 3.24. The molecule has 7 nitrogen and oxygen atoms in total. The van der Waals surface area contributed by atoms with Crippen LogP contribution in [0, 0.1) is 18.3 Å². The molecule has 0 saturated carbocycles. The molecule has 3 aromatic rings. The number of nitrogens with zero attached hydrogens (tertiary/aromatic N) is 2. The number of rotatable bonds is 7. The minimum absolute atomic E-state index is 0.0625. The summed E-state index contributed by atoms with van der Waals surface area (Å²) in [5.74, 6) is -0.296. The highest BCUT2D eigenvalue weighted by molar-refractivity contribution is 7.93. The van der Waals surface area contributed by atoms with Crippen molar-refractivity contribution in [2.24, 2.45) is 0 Å². The van der Waals surface area contributed by atoms with E-state index >= 15 is 0 Å². The lowest BCUT2D eigenvalue weighted by atomic mass is 9.86. The third-order valence-corrected chi connectivity index (χ3v) is 6.97. The number of hydrogen-bond donors (Lipinski definition) is 2. The first-order chi connectivity index (χ1) is 14.6. The van der Waals surface area contributed by atoms with Crippen molar-refractivity contribution in [3.05, 3.63) is 76.3 Å². The van der Waals surface area contributed by atoms with Gasteiger partial charge in [0.05, 0.1) is 16.4 Å². The second-order valence-corrected chi connectivity index (χ2v) is 10.1. The van der Waals surface area contributed by atoms with Crippen LogP contribution in [0.5, 0.6) is 0 Å². The van der Waals surface area contributed by atoms with Gasteiger partial charge in [-0.1, -0.05) is 24.3 Å². The van der Waals surface area contributed by atoms with Crippen LogP contribution in [0.1, 0.15) is 40.9 Å². The SMILES string of the molecule is Cc1cc(S(=O)(=O)Nc2nccs2)ccc1C(=O)NCc1ccc(C(C)(C)C#N)cc1. The number of carbonyl (C=O) groups is 1. The van der Waals surface area contributed by atoms with Gasteiger partial charge < -0.3 is 5.32 Å². The predicted molar refractivity (Wildman–Crippen MR) is 120 cm³/mol. The van der Waals surface area contributed by atoms with E-state index < -0.39 is 15.4 Å². The average molecular weight is 455 g/mol. The number of thiazole rings is 1. The van der Waals surface area contributed by atoms with Gasteiger partial charge in [-0.3, -0.25) is 9.52 Å². The fourth-order valence-electron chi connectivity index (χ4n) is 2.89. The van der Waals surface area contributed by atoms with E-state index in [2.05, 4.69) is 21.1 Å². The van der Waals surface area contributed by atoms with Crippen LogP contribution < -0.4 is 10.0 Å². The molecule has 0 radical (unpaired) electrons. The van der Waals surface area contributed by atoms with Gasteiger partial charge in [0.2, 0.25) is 0 Å². The molecule has 2 aromatic carbocycles. The normalized spacial score (nSPS) is 11.5. The lowest BCUT2D eigenvalue weighted by Crippen LogP contribution is -2.24. The summed E-state index contributed by atoms with van der Waals surface area (Å²) in [6, 6.07) is 14.1. The summed E-state index contributed by atoms with van der Waals surface area (Å²) in [6.45, 7) is 5.71. The molecule has 0 spiro atoms. The number of nitrogens with one attached hydrogen (secondary N) is 2. The first-order valence-electron chi connectivity index (χ1n) is 9.44. The van der Waals surface area contributed by atoms with Crippen molar-refractivity contribution in [2.75, 3.05) is 4.72 Å². The van der Waals surface area contributed by atoms with Crippen LogP contribution in [0.25, 0.3) is 0 Å². The Hall–Kier alpha value is -3.22. The Bertz CT molecular complexity index is 1230. The van der Waals surface area contributed by atoms with Gasteiger partial charge in [-0.25, -0.2) is 13.4 Å². The zero-order valence-electron chi connectivity index (χ0n) is 17.3. The molecule has 160 valence electrons. The van der Waals surface area contributed by atoms with Gasteiger partial charge in [-0.15, -0.1) is 11.3 Å². The van der Waals surface area contributed by atoms with Crippen LogP contribution in [0.15, 0.2) is 58.9 Å². The second kappa shape index (κ2) is 8.88. The van der Waals surface area contributed by atoms with Crippen molar-refractivity contribution < 1.29 is 13.2 Å². The third-order valence-electron chi connectivity index (χ3n) is 4.81. The molecule has 31 heavy (non-hydrogen) atoms. The highest BCUT2D eigenvalue weighted by atomic mass is 32.2. The van der Waals surface area contributed by atoms with Crippen LogP contribution in [-0.2, 0) is 22.0 Å². The predicted octanol–water partition coefficient (Wildman–Crippen LogP) is 3.98. The van der Waals surface area contributed by atoms with Gasteiger partial charge in [-0.05, 0) is 55.7 Å². The molecule has 0 unspecified atom stereocenters. The topological polar surface area (TPSA) is 112 Å². The molecule has 0 bridgehead atoms.